The van der Waals surface area contributed by atoms with E-state index in [1.54, 1.807) is 0 Å². The van der Waals surface area contributed by atoms with Crippen LogP contribution in [-0.2, 0) is 6.54 Å². The maximum Gasteiger partial charge on any atom is 0.238 e. The van der Waals surface area contributed by atoms with Gasteiger partial charge in [-0.25, -0.2) is 4.98 Å². The second-order valence-electron chi connectivity index (χ2n) is 4.85. The number of rotatable bonds is 5. The van der Waals surface area contributed by atoms with Crippen LogP contribution >= 0.6 is 34.2 Å². The van der Waals surface area contributed by atoms with Gasteiger partial charge < -0.3 is 10.1 Å². The molecule has 20 heavy (non-hydrogen) atoms. The monoisotopic (exact) mass is 400 g/mol. The van der Waals surface area contributed by atoms with E-state index < -0.39 is 0 Å². The summed E-state index contributed by atoms with van der Waals surface area (Å²) in [4.78, 5) is 4.30. The molecule has 1 aromatic carbocycles. The molecule has 3 nitrogen and oxygen atoms in total. The van der Waals surface area contributed by atoms with Crippen LogP contribution < -0.4 is 10.1 Å². The molecule has 5 heteroatoms. The van der Waals surface area contributed by atoms with Crippen molar-refractivity contribution in [2.75, 3.05) is 0 Å². The molecule has 1 aliphatic carbocycles. The first-order valence-corrected chi connectivity index (χ1v) is 7.97. The van der Waals surface area contributed by atoms with E-state index in [-0.39, 0.29) is 0 Å². The Labute approximate surface area is 136 Å². The van der Waals surface area contributed by atoms with Crippen LogP contribution in [0.5, 0.6) is 11.6 Å². The van der Waals surface area contributed by atoms with Crippen LogP contribution in [0.15, 0.2) is 36.5 Å². The highest BCUT2D eigenvalue weighted by atomic mass is 127. The van der Waals surface area contributed by atoms with E-state index >= 15 is 0 Å². The summed E-state index contributed by atoms with van der Waals surface area (Å²) in [6.45, 7) is 0.806. The molecule has 0 amide bonds. The Bertz CT molecular complexity index is 617. The van der Waals surface area contributed by atoms with E-state index in [1.165, 1.54) is 12.8 Å². The Morgan fingerprint density at radius 3 is 2.90 bits per heavy atom. The molecule has 1 saturated carbocycles. The Hall–Kier alpha value is -0.850. The van der Waals surface area contributed by atoms with Crippen LogP contribution in [0.25, 0.3) is 0 Å². The number of pyridine rings is 1. The minimum absolute atomic E-state index is 0.448. The third-order valence-electron chi connectivity index (χ3n) is 3.05. The van der Waals surface area contributed by atoms with Gasteiger partial charge >= 0.3 is 0 Å². The molecule has 1 N–H and O–H groups in total. The van der Waals surface area contributed by atoms with E-state index in [0.29, 0.717) is 16.9 Å². The number of ether oxygens (including phenoxy) is 1. The summed E-state index contributed by atoms with van der Waals surface area (Å²) in [6.07, 6.45) is 4.36. The van der Waals surface area contributed by atoms with E-state index in [4.69, 9.17) is 16.3 Å². The fourth-order valence-corrected chi connectivity index (χ4v) is 2.57. The predicted molar refractivity (Wildman–Crippen MR) is 88.3 cm³/mol. The Morgan fingerprint density at radius 2 is 2.20 bits per heavy atom. The molecule has 1 heterocycles. The Kier molecular flexibility index (Phi) is 4.43. The van der Waals surface area contributed by atoms with E-state index in [0.717, 1.165) is 21.4 Å². The summed E-state index contributed by atoms with van der Waals surface area (Å²) in [5, 5.41) is 3.98. The molecule has 0 aliphatic heterocycles. The van der Waals surface area contributed by atoms with Gasteiger partial charge in [0, 0.05) is 22.4 Å². The molecule has 0 unspecified atom stereocenters. The highest BCUT2D eigenvalue weighted by molar-refractivity contribution is 14.1. The van der Waals surface area contributed by atoms with Crippen molar-refractivity contribution in [3.63, 3.8) is 0 Å². The zero-order valence-electron chi connectivity index (χ0n) is 10.8. The van der Waals surface area contributed by atoms with Crippen LogP contribution in [0, 0.1) is 3.57 Å². The smallest absolute Gasteiger partial charge is 0.238 e. The van der Waals surface area contributed by atoms with Crippen molar-refractivity contribution in [1.29, 1.82) is 0 Å². The summed E-state index contributed by atoms with van der Waals surface area (Å²) >= 11 is 8.48. The van der Waals surface area contributed by atoms with Gasteiger partial charge in [-0.3, -0.25) is 0 Å². The SMILES string of the molecule is Clc1cc(CNC2CC2)cnc1Oc1cccc(I)c1. The number of nitrogens with one attached hydrogen (secondary N) is 1. The summed E-state index contributed by atoms with van der Waals surface area (Å²) < 4.78 is 6.83. The molecule has 0 radical (unpaired) electrons. The van der Waals surface area contributed by atoms with Crippen LogP contribution in [0.3, 0.4) is 0 Å². The number of benzene rings is 1. The zero-order valence-corrected chi connectivity index (χ0v) is 13.7. The van der Waals surface area contributed by atoms with Gasteiger partial charge in [0.2, 0.25) is 5.88 Å². The lowest BCUT2D eigenvalue weighted by atomic mass is 10.3. The molecule has 3 rings (SSSR count). The zero-order chi connectivity index (χ0) is 13.9. The van der Waals surface area contributed by atoms with Gasteiger partial charge in [0.05, 0.1) is 0 Å². The third kappa shape index (κ3) is 3.84. The van der Waals surface area contributed by atoms with Gasteiger partial charge in [-0.1, -0.05) is 17.7 Å². The molecule has 0 bridgehead atoms. The molecule has 2 aromatic rings. The van der Waals surface area contributed by atoms with Crippen LogP contribution in [-0.4, -0.2) is 11.0 Å². The second kappa shape index (κ2) is 6.28. The second-order valence-corrected chi connectivity index (χ2v) is 6.50. The minimum atomic E-state index is 0.448. The number of aromatic nitrogens is 1. The number of hydrogen-bond acceptors (Lipinski definition) is 3. The average Bonchev–Trinajstić information content (AvgIpc) is 3.23. The Balaban J connectivity index is 1.69. The standard InChI is InChI=1S/C15H14ClIN2O/c16-14-6-10(8-18-12-4-5-12)9-19-15(14)20-13-3-1-2-11(17)7-13/h1-3,6-7,9,12,18H,4-5,8H2. The fraction of sp³-hybridized carbons (Fsp3) is 0.267. The molecule has 104 valence electrons. The maximum atomic E-state index is 6.23. The summed E-state index contributed by atoms with van der Waals surface area (Å²) in [5.41, 5.74) is 1.08. The number of hydrogen-bond donors (Lipinski definition) is 1. The molecule has 1 aromatic heterocycles. The summed E-state index contributed by atoms with van der Waals surface area (Å²) in [6, 6.07) is 10.4. The van der Waals surface area contributed by atoms with E-state index in [9.17, 15) is 0 Å². The molecular weight excluding hydrogens is 387 g/mol. The molecule has 0 saturated heterocycles. The van der Waals surface area contributed by atoms with Gasteiger partial charge in [0.25, 0.3) is 0 Å². The largest absolute Gasteiger partial charge is 0.438 e. The number of nitrogens with zero attached hydrogens (tertiary/aromatic N) is 1. The molecule has 1 aliphatic rings. The fourth-order valence-electron chi connectivity index (χ4n) is 1.83. The summed E-state index contributed by atoms with van der Waals surface area (Å²) in [7, 11) is 0. The number of halogens is 2. The van der Waals surface area contributed by atoms with E-state index in [2.05, 4.69) is 32.9 Å². The molecule has 0 atom stereocenters. The quantitative estimate of drug-likeness (QED) is 0.756. The van der Waals surface area contributed by atoms with Crippen LogP contribution in [0.1, 0.15) is 18.4 Å². The first kappa shape index (κ1) is 14.1. The van der Waals surface area contributed by atoms with Crippen molar-refractivity contribution in [3.8, 4) is 11.6 Å². The molecular formula is C15H14ClIN2O. The van der Waals surface area contributed by atoms with Crippen LogP contribution in [0.4, 0.5) is 0 Å². The first-order valence-electron chi connectivity index (χ1n) is 6.52. The third-order valence-corrected chi connectivity index (χ3v) is 3.99. The average molecular weight is 401 g/mol. The maximum absolute atomic E-state index is 6.23. The van der Waals surface area contributed by atoms with Crippen molar-refractivity contribution < 1.29 is 4.74 Å². The minimum Gasteiger partial charge on any atom is -0.438 e. The lowest BCUT2D eigenvalue weighted by molar-refractivity contribution is 0.462. The van der Waals surface area contributed by atoms with Crippen molar-refractivity contribution in [2.24, 2.45) is 0 Å². The normalized spacial score (nSPS) is 14.3. The van der Waals surface area contributed by atoms with Gasteiger partial charge in [-0.2, -0.15) is 0 Å². The lowest BCUT2D eigenvalue weighted by Crippen LogP contribution is -2.15. The first-order chi connectivity index (χ1) is 9.70. The van der Waals surface area contributed by atoms with Gasteiger partial charge in [-0.15, -0.1) is 0 Å². The Morgan fingerprint density at radius 1 is 1.35 bits per heavy atom. The van der Waals surface area contributed by atoms with Gasteiger partial charge in [-0.05, 0) is 65.3 Å². The predicted octanol–water partition coefficient (Wildman–Crippen LogP) is 4.38. The lowest BCUT2D eigenvalue weighted by Gasteiger charge is -2.09. The van der Waals surface area contributed by atoms with E-state index in [1.807, 2.05) is 36.5 Å². The van der Waals surface area contributed by atoms with Crippen molar-refractivity contribution >= 4 is 34.2 Å². The molecule has 0 spiro atoms. The van der Waals surface area contributed by atoms with Gasteiger partial charge in [0.1, 0.15) is 10.8 Å². The highest BCUT2D eigenvalue weighted by Crippen LogP contribution is 2.28. The topological polar surface area (TPSA) is 34.2 Å². The van der Waals surface area contributed by atoms with Gasteiger partial charge in [0.15, 0.2) is 0 Å². The van der Waals surface area contributed by atoms with Crippen molar-refractivity contribution in [1.82, 2.24) is 10.3 Å². The molecule has 1 fully saturated rings. The van der Waals surface area contributed by atoms with Crippen LogP contribution in [0.2, 0.25) is 5.02 Å². The van der Waals surface area contributed by atoms with Crippen molar-refractivity contribution in [3.05, 3.63) is 50.7 Å². The summed E-state index contributed by atoms with van der Waals surface area (Å²) in [5.74, 6) is 1.19. The highest BCUT2D eigenvalue weighted by Gasteiger charge is 2.20. The van der Waals surface area contributed by atoms with Crippen molar-refractivity contribution in [2.45, 2.75) is 25.4 Å².